The van der Waals surface area contributed by atoms with Crippen molar-refractivity contribution in [2.45, 2.75) is 13.3 Å². The summed E-state index contributed by atoms with van der Waals surface area (Å²) in [5.41, 5.74) is 0. The van der Waals surface area contributed by atoms with Crippen molar-refractivity contribution in [2.24, 2.45) is 0 Å². The molecule has 1 aromatic rings. The molecule has 1 N–H and O–H groups in total. The second-order valence-corrected chi connectivity index (χ2v) is 5.38. The van der Waals surface area contributed by atoms with E-state index < -0.39 is 0 Å². The van der Waals surface area contributed by atoms with Crippen LogP contribution < -0.4 is 10.2 Å². The predicted octanol–water partition coefficient (Wildman–Crippen LogP) is 1.34. The van der Waals surface area contributed by atoms with Crippen LogP contribution in [-0.4, -0.2) is 54.0 Å². The Labute approximate surface area is 121 Å². The van der Waals surface area contributed by atoms with E-state index in [1.54, 1.807) is 11.1 Å². The van der Waals surface area contributed by atoms with E-state index in [1.165, 1.54) is 0 Å². The summed E-state index contributed by atoms with van der Waals surface area (Å²) < 4.78 is 0.812. The maximum atomic E-state index is 11.8. The Morgan fingerprint density at radius 1 is 1.47 bits per heavy atom. The molecule has 0 unspecified atom stereocenters. The molecule has 1 aromatic heterocycles. The number of aromatic nitrogens is 2. The van der Waals surface area contributed by atoms with Crippen LogP contribution in [0, 0.1) is 0 Å². The third-order valence-corrected chi connectivity index (χ3v) is 3.57. The zero-order valence-corrected chi connectivity index (χ0v) is 12.8. The number of anilines is 2. The summed E-state index contributed by atoms with van der Waals surface area (Å²) in [6, 6.07) is 0. The molecule has 1 aliphatic heterocycles. The van der Waals surface area contributed by atoms with E-state index in [4.69, 9.17) is 0 Å². The number of piperazine rings is 1. The molecule has 7 heteroatoms. The standard InChI is InChI=1S/C12H18BrN5O/c1-3-4-14-12-15-7-9(13)11(16-12)18-6-5-17(2)10(19)8-18/h7H,3-6,8H2,1-2H3,(H,14,15,16). The summed E-state index contributed by atoms with van der Waals surface area (Å²) in [6.07, 6.45) is 2.74. The van der Waals surface area contributed by atoms with Crippen LogP contribution in [-0.2, 0) is 4.79 Å². The first-order valence-electron chi connectivity index (χ1n) is 6.37. The minimum Gasteiger partial charge on any atom is -0.354 e. The largest absolute Gasteiger partial charge is 0.354 e. The van der Waals surface area contributed by atoms with Gasteiger partial charge in [-0.2, -0.15) is 4.98 Å². The van der Waals surface area contributed by atoms with Gasteiger partial charge < -0.3 is 15.1 Å². The monoisotopic (exact) mass is 327 g/mol. The number of halogens is 1. The summed E-state index contributed by atoms with van der Waals surface area (Å²) in [6.45, 7) is 4.78. The maximum Gasteiger partial charge on any atom is 0.241 e. The molecule has 0 aromatic carbocycles. The molecule has 0 atom stereocenters. The summed E-state index contributed by atoms with van der Waals surface area (Å²) in [4.78, 5) is 24.2. The molecule has 6 nitrogen and oxygen atoms in total. The van der Waals surface area contributed by atoms with Gasteiger partial charge in [-0.3, -0.25) is 4.79 Å². The van der Waals surface area contributed by atoms with Crippen molar-refractivity contribution in [1.29, 1.82) is 0 Å². The van der Waals surface area contributed by atoms with E-state index in [0.717, 1.165) is 29.8 Å². The topological polar surface area (TPSA) is 61.4 Å². The van der Waals surface area contributed by atoms with Crippen molar-refractivity contribution in [3.8, 4) is 0 Å². The van der Waals surface area contributed by atoms with Crippen LogP contribution in [0.1, 0.15) is 13.3 Å². The van der Waals surface area contributed by atoms with E-state index in [1.807, 2.05) is 11.9 Å². The van der Waals surface area contributed by atoms with Gasteiger partial charge in [0.1, 0.15) is 5.82 Å². The lowest BCUT2D eigenvalue weighted by molar-refractivity contribution is -0.129. The summed E-state index contributed by atoms with van der Waals surface area (Å²) in [5.74, 6) is 1.49. The van der Waals surface area contributed by atoms with Crippen molar-refractivity contribution in [1.82, 2.24) is 14.9 Å². The Balaban J connectivity index is 2.16. The highest BCUT2D eigenvalue weighted by Gasteiger charge is 2.23. The first-order chi connectivity index (χ1) is 9.11. The van der Waals surface area contributed by atoms with Crippen molar-refractivity contribution in [2.75, 3.05) is 43.4 Å². The fourth-order valence-electron chi connectivity index (χ4n) is 1.84. The summed E-state index contributed by atoms with van der Waals surface area (Å²) in [5, 5.41) is 3.16. The maximum absolute atomic E-state index is 11.8. The van der Waals surface area contributed by atoms with Crippen molar-refractivity contribution >= 4 is 33.6 Å². The number of likely N-dealkylation sites (N-methyl/N-ethyl adjacent to an activating group) is 1. The molecule has 0 bridgehead atoms. The van der Waals surface area contributed by atoms with Gasteiger partial charge in [-0.05, 0) is 22.4 Å². The van der Waals surface area contributed by atoms with Crippen LogP contribution in [0.4, 0.5) is 11.8 Å². The van der Waals surface area contributed by atoms with Crippen LogP contribution in [0.2, 0.25) is 0 Å². The molecule has 0 spiro atoms. The normalized spacial score (nSPS) is 15.8. The van der Waals surface area contributed by atoms with E-state index in [-0.39, 0.29) is 5.91 Å². The number of rotatable bonds is 4. The predicted molar refractivity (Wildman–Crippen MR) is 78.4 cm³/mol. The molecule has 2 rings (SSSR count). The van der Waals surface area contributed by atoms with Gasteiger partial charge in [-0.15, -0.1) is 0 Å². The van der Waals surface area contributed by atoms with Crippen molar-refractivity contribution in [3.63, 3.8) is 0 Å². The highest BCUT2D eigenvalue weighted by Crippen LogP contribution is 2.25. The van der Waals surface area contributed by atoms with Crippen LogP contribution in [0.5, 0.6) is 0 Å². The lowest BCUT2D eigenvalue weighted by atomic mass is 10.3. The number of nitrogens with one attached hydrogen (secondary N) is 1. The second kappa shape index (κ2) is 6.18. The summed E-state index contributed by atoms with van der Waals surface area (Å²) in [7, 11) is 1.82. The molecule has 1 aliphatic rings. The number of amides is 1. The Morgan fingerprint density at radius 2 is 2.26 bits per heavy atom. The van der Waals surface area contributed by atoms with Crippen molar-refractivity contribution in [3.05, 3.63) is 10.7 Å². The molecule has 0 aliphatic carbocycles. The van der Waals surface area contributed by atoms with Crippen LogP contribution in [0.25, 0.3) is 0 Å². The Kier molecular flexibility index (Phi) is 4.57. The Morgan fingerprint density at radius 3 is 2.95 bits per heavy atom. The molecule has 104 valence electrons. The third-order valence-electron chi connectivity index (χ3n) is 3.02. The van der Waals surface area contributed by atoms with Gasteiger partial charge >= 0.3 is 0 Å². The fraction of sp³-hybridized carbons (Fsp3) is 0.583. The molecule has 1 fully saturated rings. The average molecular weight is 328 g/mol. The Hall–Kier alpha value is -1.37. The molecule has 2 heterocycles. The van der Waals surface area contributed by atoms with Gasteiger partial charge in [0.15, 0.2) is 0 Å². The first kappa shape index (κ1) is 14.0. The number of carbonyl (C=O) groups excluding carboxylic acids is 1. The van der Waals surface area contributed by atoms with E-state index >= 15 is 0 Å². The summed E-state index contributed by atoms with van der Waals surface area (Å²) >= 11 is 3.45. The van der Waals surface area contributed by atoms with Gasteiger partial charge in [0.25, 0.3) is 0 Å². The van der Waals surface area contributed by atoms with E-state index in [0.29, 0.717) is 19.0 Å². The zero-order valence-electron chi connectivity index (χ0n) is 11.2. The van der Waals surface area contributed by atoms with Crippen LogP contribution >= 0.6 is 15.9 Å². The molecule has 1 amide bonds. The zero-order chi connectivity index (χ0) is 13.8. The molecule has 1 saturated heterocycles. The lowest BCUT2D eigenvalue weighted by Crippen LogP contribution is -2.49. The lowest BCUT2D eigenvalue weighted by Gasteiger charge is -2.33. The van der Waals surface area contributed by atoms with Gasteiger partial charge in [0.05, 0.1) is 11.0 Å². The van der Waals surface area contributed by atoms with Crippen LogP contribution in [0.15, 0.2) is 10.7 Å². The highest BCUT2D eigenvalue weighted by molar-refractivity contribution is 9.10. The third kappa shape index (κ3) is 3.34. The van der Waals surface area contributed by atoms with Crippen LogP contribution in [0.3, 0.4) is 0 Å². The Bertz CT molecular complexity index is 467. The van der Waals surface area contributed by atoms with Gasteiger partial charge in [0, 0.05) is 32.9 Å². The number of nitrogens with zero attached hydrogens (tertiary/aromatic N) is 4. The minimum atomic E-state index is 0.111. The SMILES string of the molecule is CCCNc1ncc(Br)c(N2CCN(C)C(=O)C2)n1. The molecule has 19 heavy (non-hydrogen) atoms. The van der Waals surface area contributed by atoms with Gasteiger partial charge in [-0.1, -0.05) is 6.92 Å². The van der Waals surface area contributed by atoms with Gasteiger partial charge in [-0.25, -0.2) is 4.98 Å². The van der Waals surface area contributed by atoms with Gasteiger partial charge in [0.2, 0.25) is 11.9 Å². The molecular weight excluding hydrogens is 310 g/mol. The number of hydrogen-bond acceptors (Lipinski definition) is 5. The fourth-order valence-corrected chi connectivity index (χ4v) is 2.28. The minimum absolute atomic E-state index is 0.111. The van der Waals surface area contributed by atoms with E-state index in [2.05, 4.69) is 38.1 Å². The smallest absolute Gasteiger partial charge is 0.241 e. The molecule has 0 radical (unpaired) electrons. The van der Waals surface area contributed by atoms with E-state index in [9.17, 15) is 4.79 Å². The molecule has 0 saturated carbocycles. The average Bonchev–Trinajstić information content (AvgIpc) is 2.41. The highest BCUT2D eigenvalue weighted by atomic mass is 79.9. The second-order valence-electron chi connectivity index (χ2n) is 4.53. The number of carbonyl (C=O) groups is 1. The van der Waals surface area contributed by atoms with Crippen molar-refractivity contribution < 1.29 is 4.79 Å². The quantitative estimate of drug-likeness (QED) is 0.904. The first-order valence-corrected chi connectivity index (χ1v) is 7.16. The molecular formula is C12H18BrN5O. The number of hydrogen-bond donors (Lipinski definition) is 1.